The van der Waals surface area contributed by atoms with Gasteiger partial charge in [0.15, 0.2) is 5.60 Å². The summed E-state index contributed by atoms with van der Waals surface area (Å²) in [5, 5.41) is 19.8. The number of isocyanates is 1. The first-order chi connectivity index (χ1) is 14.0. The molecule has 0 unspecified atom stereocenters. The molecule has 142 valence electrons. The van der Waals surface area contributed by atoms with Crippen molar-refractivity contribution in [1.29, 1.82) is 0 Å². The second-order valence-electron chi connectivity index (χ2n) is 6.49. The van der Waals surface area contributed by atoms with E-state index in [9.17, 15) is 19.8 Å². The fourth-order valence-corrected chi connectivity index (χ4v) is 4.42. The number of phenolic OH excluding ortho intramolecular Hbond substituents is 2. The highest BCUT2D eigenvalue weighted by molar-refractivity contribution is 7.98. The molecule has 0 radical (unpaired) electrons. The zero-order valence-electron chi connectivity index (χ0n) is 14.6. The molecule has 0 amide bonds. The van der Waals surface area contributed by atoms with Crippen LogP contribution in [0.1, 0.15) is 27.0 Å². The van der Waals surface area contributed by atoms with Crippen LogP contribution in [0.5, 0.6) is 23.0 Å². The van der Waals surface area contributed by atoms with Gasteiger partial charge in [-0.3, -0.25) is 0 Å². The summed E-state index contributed by atoms with van der Waals surface area (Å²) in [6, 6.07) is 14.2. The molecule has 7 nitrogen and oxygen atoms in total. The first-order valence-corrected chi connectivity index (χ1v) is 9.28. The van der Waals surface area contributed by atoms with Crippen molar-refractivity contribution in [2.24, 2.45) is 4.40 Å². The van der Waals surface area contributed by atoms with Gasteiger partial charge in [0.25, 0.3) is 0 Å². The number of hydrogen-bond acceptors (Lipinski definition) is 8. The van der Waals surface area contributed by atoms with E-state index in [0.29, 0.717) is 33.1 Å². The van der Waals surface area contributed by atoms with Gasteiger partial charge in [-0.15, -0.1) is 4.40 Å². The van der Waals surface area contributed by atoms with Crippen LogP contribution in [0.3, 0.4) is 0 Å². The van der Waals surface area contributed by atoms with Crippen molar-refractivity contribution in [3.8, 4) is 23.0 Å². The van der Waals surface area contributed by atoms with Gasteiger partial charge in [-0.1, -0.05) is 12.1 Å². The van der Waals surface area contributed by atoms with Gasteiger partial charge in [-0.05, 0) is 30.3 Å². The Morgan fingerprint density at radius 2 is 1.59 bits per heavy atom. The van der Waals surface area contributed by atoms with E-state index in [2.05, 4.69) is 4.40 Å². The number of hydrogen-bond donors (Lipinski definition) is 2. The molecule has 1 spiro atoms. The third kappa shape index (κ3) is 2.37. The Morgan fingerprint density at radius 1 is 0.931 bits per heavy atom. The number of aromatic hydroxyl groups is 2. The minimum Gasteiger partial charge on any atom is -0.508 e. The fourth-order valence-electron chi connectivity index (χ4n) is 3.86. The van der Waals surface area contributed by atoms with Crippen LogP contribution in [0, 0.1) is 0 Å². The highest BCUT2D eigenvalue weighted by Gasteiger charge is 2.54. The molecule has 2 heterocycles. The molecule has 3 aromatic carbocycles. The third-order valence-electron chi connectivity index (χ3n) is 4.95. The summed E-state index contributed by atoms with van der Waals surface area (Å²) < 4.78 is 15.4. The lowest BCUT2D eigenvalue weighted by Crippen LogP contribution is -2.32. The molecular weight excluding hydrogens is 394 g/mol. The fraction of sp³-hybridized carbons (Fsp3) is 0.0476. The molecule has 2 aliphatic heterocycles. The van der Waals surface area contributed by atoms with E-state index >= 15 is 0 Å². The molecule has 0 aliphatic carbocycles. The Hall–Kier alpha value is -3.74. The molecule has 0 fully saturated rings. The molecule has 0 saturated carbocycles. The number of nitrogens with zero attached hydrogens (tertiary/aromatic N) is 1. The van der Waals surface area contributed by atoms with E-state index in [1.807, 2.05) is 0 Å². The Labute approximate surface area is 168 Å². The Kier molecular flexibility index (Phi) is 3.67. The molecule has 2 aliphatic rings. The van der Waals surface area contributed by atoms with Crippen LogP contribution < -0.4 is 4.74 Å². The third-order valence-corrected chi connectivity index (χ3v) is 5.65. The summed E-state index contributed by atoms with van der Waals surface area (Å²) >= 11 is 0.834. The van der Waals surface area contributed by atoms with Crippen molar-refractivity contribution in [3.05, 3.63) is 76.9 Å². The summed E-state index contributed by atoms with van der Waals surface area (Å²) in [4.78, 5) is 24.0. The topological polar surface area (TPSA) is 105 Å². The monoisotopic (exact) mass is 405 g/mol. The zero-order chi connectivity index (χ0) is 20.2. The van der Waals surface area contributed by atoms with Gasteiger partial charge in [0.05, 0.1) is 5.56 Å². The zero-order valence-corrected chi connectivity index (χ0v) is 15.4. The molecule has 8 heteroatoms. The van der Waals surface area contributed by atoms with Gasteiger partial charge in [-0.2, -0.15) is 0 Å². The lowest BCUT2D eigenvalue weighted by molar-refractivity contribution is 0.0222. The van der Waals surface area contributed by atoms with Crippen molar-refractivity contribution >= 4 is 24.0 Å². The van der Waals surface area contributed by atoms with Gasteiger partial charge in [0.2, 0.25) is 6.08 Å². The largest absolute Gasteiger partial charge is 0.508 e. The highest BCUT2D eigenvalue weighted by Crippen LogP contribution is 2.57. The molecule has 0 atom stereocenters. The Bertz CT molecular complexity index is 1200. The molecule has 2 N–H and O–H groups in total. The number of benzene rings is 3. The van der Waals surface area contributed by atoms with Gasteiger partial charge < -0.3 is 19.7 Å². The number of phenols is 2. The second kappa shape index (κ2) is 6.13. The van der Waals surface area contributed by atoms with Gasteiger partial charge in [-0.25, -0.2) is 9.59 Å². The lowest BCUT2D eigenvalue weighted by atomic mass is 9.77. The van der Waals surface area contributed by atoms with Crippen LogP contribution in [-0.4, -0.2) is 22.3 Å². The summed E-state index contributed by atoms with van der Waals surface area (Å²) in [6.45, 7) is 0. The first-order valence-electron chi connectivity index (χ1n) is 8.50. The van der Waals surface area contributed by atoms with Gasteiger partial charge in [0, 0.05) is 45.7 Å². The predicted octanol–water partition coefficient (Wildman–Crippen LogP) is 4.01. The standard InChI is InChI=1S/C21H11NO6S/c23-10-22-29-18-3-1-2-15-19(18)20(26)28-21(15)13-6-4-11(24)8-16(13)27-17-9-12(25)5-7-14(17)21/h1-9,24-25H. The number of rotatable bonds is 2. The van der Waals surface area contributed by atoms with Crippen LogP contribution in [0.15, 0.2) is 63.9 Å². The van der Waals surface area contributed by atoms with Crippen molar-refractivity contribution in [3.63, 3.8) is 0 Å². The van der Waals surface area contributed by atoms with Crippen molar-refractivity contribution in [1.82, 2.24) is 0 Å². The van der Waals surface area contributed by atoms with E-state index in [0.717, 1.165) is 11.9 Å². The van der Waals surface area contributed by atoms with Crippen molar-refractivity contribution in [2.75, 3.05) is 0 Å². The van der Waals surface area contributed by atoms with Crippen LogP contribution in [0.4, 0.5) is 0 Å². The normalized spacial score (nSPS) is 14.8. The van der Waals surface area contributed by atoms with Gasteiger partial charge >= 0.3 is 5.97 Å². The van der Waals surface area contributed by atoms with Crippen LogP contribution in [0.25, 0.3) is 0 Å². The maximum atomic E-state index is 13.0. The Balaban J connectivity index is 1.86. The quantitative estimate of drug-likeness (QED) is 0.287. The summed E-state index contributed by atoms with van der Waals surface area (Å²) in [7, 11) is 0. The molecule has 3 aromatic rings. The predicted molar refractivity (Wildman–Crippen MR) is 102 cm³/mol. The average Bonchev–Trinajstić information content (AvgIpc) is 3.00. The maximum Gasteiger partial charge on any atom is 0.341 e. The number of fused-ring (bicyclic) bond motifs is 6. The number of esters is 1. The number of carbonyl (C=O) groups excluding carboxylic acids is 2. The van der Waals surface area contributed by atoms with Gasteiger partial charge in [0.1, 0.15) is 23.0 Å². The highest BCUT2D eigenvalue weighted by atomic mass is 32.2. The maximum absolute atomic E-state index is 13.0. The molecule has 5 rings (SSSR count). The van der Waals surface area contributed by atoms with E-state index in [4.69, 9.17) is 9.47 Å². The van der Waals surface area contributed by atoms with E-state index < -0.39 is 11.6 Å². The minimum absolute atomic E-state index is 0.0170. The van der Waals surface area contributed by atoms with Crippen molar-refractivity contribution < 1.29 is 29.3 Å². The number of ether oxygens (including phenoxy) is 2. The summed E-state index contributed by atoms with van der Waals surface area (Å²) in [5.74, 6) is -0.0158. The molecule has 29 heavy (non-hydrogen) atoms. The minimum atomic E-state index is -1.34. The van der Waals surface area contributed by atoms with Crippen LogP contribution >= 0.6 is 11.9 Å². The van der Waals surface area contributed by atoms with E-state index in [1.54, 1.807) is 30.3 Å². The first kappa shape index (κ1) is 17.4. The van der Waals surface area contributed by atoms with E-state index in [-0.39, 0.29) is 17.1 Å². The molecule has 0 saturated heterocycles. The van der Waals surface area contributed by atoms with E-state index in [1.165, 1.54) is 30.3 Å². The lowest BCUT2D eigenvalue weighted by Gasteiger charge is -2.36. The number of carbonyl (C=O) groups is 1. The molecular formula is C21H11NO6S. The Morgan fingerprint density at radius 3 is 2.21 bits per heavy atom. The SMILES string of the molecule is O=C=NSc1cccc2c1C(=O)OC21c2ccc(O)cc2Oc2cc(O)ccc21. The average molecular weight is 405 g/mol. The van der Waals surface area contributed by atoms with Crippen LogP contribution in [-0.2, 0) is 15.1 Å². The smallest absolute Gasteiger partial charge is 0.341 e. The summed E-state index contributed by atoms with van der Waals surface area (Å²) in [5.41, 5.74) is 0.563. The van der Waals surface area contributed by atoms with Crippen molar-refractivity contribution in [2.45, 2.75) is 10.5 Å². The second-order valence-corrected chi connectivity index (χ2v) is 7.29. The molecule has 0 bridgehead atoms. The van der Waals surface area contributed by atoms with Crippen LogP contribution in [0.2, 0.25) is 0 Å². The summed E-state index contributed by atoms with van der Waals surface area (Å²) in [6.07, 6.45) is 1.45. The molecule has 0 aromatic heterocycles.